The molecule has 2 aromatic heterocycles. The molecule has 0 spiro atoms. The lowest BCUT2D eigenvalue weighted by Crippen LogP contribution is -2.49. The Bertz CT molecular complexity index is 2790. The maximum Gasteiger partial charge on any atom is 0.407 e. The number of imidazole rings is 2. The van der Waals surface area contributed by atoms with Gasteiger partial charge in [0, 0.05) is 0 Å². The molecule has 4 bridgehead atoms. The van der Waals surface area contributed by atoms with Crippen molar-refractivity contribution < 1.29 is 38.1 Å². The zero-order valence-electron chi connectivity index (χ0n) is 39.7. The van der Waals surface area contributed by atoms with E-state index in [2.05, 4.69) is 88.2 Å². The summed E-state index contributed by atoms with van der Waals surface area (Å²) < 4.78 is 21.3. The molecule has 2 aliphatic heterocycles. The Hall–Kier alpha value is -5.82. The number of carbonyl (C=O) groups is 4. The topological polar surface area (TPSA) is 193 Å². The summed E-state index contributed by atoms with van der Waals surface area (Å²) in [5.74, 6) is 2.87. The van der Waals surface area contributed by atoms with Crippen LogP contribution in [0.5, 0.6) is 0 Å². The highest BCUT2D eigenvalue weighted by Gasteiger charge is 2.39. The fourth-order valence-electron chi connectivity index (χ4n) is 10.00. The SMILES string of the molecule is COC(=O)N[C@@H](CCSC)C(=O)N1COC[C@H]1c1nc2ccc(C3=C4C=C[C@H](C3)[C@H](C)Cc3ccc(cc3-c3ccc5nc([C@@H]6COCN6C(=O)[C@H](CCSC)NC(=O)OC)[nH]c5c3)CC4)cc2[nH]1. The molecular formula is C51H60N8O8S2. The van der Waals surface area contributed by atoms with Gasteiger partial charge in [-0.25, -0.2) is 19.6 Å². The maximum atomic E-state index is 13.8. The molecule has 3 aromatic carbocycles. The van der Waals surface area contributed by atoms with Gasteiger partial charge in [-0.2, -0.15) is 23.5 Å². The number of benzene rings is 3. The number of nitrogens with one attached hydrogen (secondary N) is 4. The molecule has 5 aliphatic carbocycles. The Morgan fingerprint density at radius 3 is 1.88 bits per heavy atom. The second-order valence-corrected chi connectivity index (χ2v) is 20.2. The summed E-state index contributed by atoms with van der Waals surface area (Å²) in [7, 11) is 2.58. The number of amides is 4. The summed E-state index contributed by atoms with van der Waals surface area (Å²) >= 11 is 3.21. The molecule has 0 unspecified atom stereocenters. The van der Waals surface area contributed by atoms with Crippen LogP contribution in [0, 0.1) is 11.8 Å². The van der Waals surface area contributed by atoms with Gasteiger partial charge in [0.15, 0.2) is 0 Å². The highest BCUT2D eigenvalue weighted by molar-refractivity contribution is 7.98. The fraction of sp³-hybridized carbons (Fsp3) is 0.451. The van der Waals surface area contributed by atoms with Crippen molar-refractivity contribution in [2.24, 2.45) is 11.8 Å². The van der Waals surface area contributed by atoms with Crippen LogP contribution < -0.4 is 10.6 Å². The number of thioether (sulfide) groups is 2. The van der Waals surface area contributed by atoms with Crippen molar-refractivity contribution in [1.82, 2.24) is 40.4 Å². The predicted octanol–water partition coefficient (Wildman–Crippen LogP) is 7.93. The van der Waals surface area contributed by atoms with Crippen molar-refractivity contribution in [3.63, 3.8) is 0 Å². The number of methoxy groups -OCH3 is 2. The molecule has 18 heteroatoms. The first-order chi connectivity index (χ1) is 33.5. The Morgan fingerprint density at radius 2 is 1.32 bits per heavy atom. The van der Waals surface area contributed by atoms with E-state index in [4.69, 9.17) is 28.9 Å². The molecular weight excluding hydrogens is 917 g/mol. The standard InChI is InChI=1S/C51H60N8O8S2/c1-29-20-33-9-7-30(21-36(33)34-12-14-38-42(23-34)54-46(52-38)44-25-66-27-58(44)48(60)40(16-18-68-4)56-50(62)64-2)6-8-31-10-11-32(29)22-37(31)35-13-15-39-43(24-35)55-47(53-39)45-26-67-28-59(45)49(61)41(17-19-69-5)57-51(63)65-3/h7,9-15,21,23-24,29,32,40-41,44-45H,6,8,16-20,22,25-28H2,1-5H3,(H,52,54)(H,53,55)(H,56,62)(H,57,63)/t29-,32-,40+,41+,44+,45+/m1/s1. The normalized spacial score (nSPS) is 21.1. The van der Waals surface area contributed by atoms with Crippen LogP contribution in [-0.2, 0) is 41.4 Å². The minimum absolute atomic E-state index is 0.105. The number of allylic oxidation sites excluding steroid dienone is 4. The number of aromatic nitrogens is 4. The molecule has 69 heavy (non-hydrogen) atoms. The average Bonchev–Trinajstić information content (AvgIpc) is 4.21. The lowest BCUT2D eigenvalue weighted by atomic mass is 9.75. The Morgan fingerprint density at radius 1 is 0.754 bits per heavy atom. The van der Waals surface area contributed by atoms with E-state index in [0.717, 1.165) is 58.9 Å². The number of hydrogen-bond donors (Lipinski definition) is 4. The van der Waals surface area contributed by atoms with E-state index in [-0.39, 0.29) is 25.3 Å². The number of aryl methyl sites for hydroxylation is 1. The van der Waals surface area contributed by atoms with Crippen LogP contribution >= 0.6 is 23.5 Å². The number of alkyl carbamates (subject to hydrolysis) is 2. The molecule has 2 saturated heterocycles. The molecule has 5 aromatic rings. The van der Waals surface area contributed by atoms with E-state index in [1.165, 1.54) is 42.1 Å². The summed E-state index contributed by atoms with van der Waals surface area (Å²) in [5.41, 5.74) is 12.1. The molecule has 2 fully saturated rings. The third-order valence-electron chi connectivity index (χ3n) is 13.9. The van der Waals surface area contributed by atoms with Crippen LogP contribution in [0.2, 0.25) is 0 Å². The smallest absolute Gasteiger partial charge is 0.407 e. The highest BCUT2D eigenvalue weighted by atomic mass is 32.2. The van der Waals surface area contributed by atoms with Gasteiger partial charge in [-0.15, -0.1) is 0 Å². The van der Waals surface area contributed by atoms with E-state index >= 15 is 0 Å². The fourth-order valence-corrected chi connectivity index (χ4v) is 10.9. The van der Waals surface area contributed by atoms with Gasteiger partial charge in [-0.1, -0.05) is 49.4 Å². The van der Waals surface area contributed by atoms with Crippen molar-refractivity contribution in [2.45, 2.75) is 69.6 Å². The number of aromatic amines is 2. The molecule has 6 atom stereocenters. The van der Waals surface area contributed by atoms with Crippen molar-refractivity contribution >= 4 is 75.2 Å². The van der Waals surface area contributed by atoms with Gasteiger partial charge < -0.3 is 49.3 Å². The summed E-state index contributed by atoms with van der Waals surface area (Å²) in [4.78, 5) is 72.2. The second-order valence-electron chi connectivity index (χ2n) is 18.2. The van der Waals surface area contributed by atoms with E-state index in [9.17, 15) is 19.2 Å². The zero-order chi connectivity index (χ0) is 48.2. The van der Waals surface area contributed by atoms with Gasteiger partial charge in [-0.3, -0.25) is 9.59 Å². The Balaban J connectivity index is 0.946. The summed E-state index contributed by atoms with van der Waals surface area (Å²) in [5, 5.41) is 5.42. The molecule has 0 saturated carbocycles. The summed E-state index contributed by atoms with van der Waals surface area (Å²) in [6.07, 6.45) is 11.9. The number of H-pyrrole nitrogens is 2. The Kier molecular flexibility index (Phi) is 15.0. The van der Waals surface area contributed by atoms with Gasteiger partial charge in [-0.05, 0) is 138 Å². The number of carbonyl (C=O) groups excluding carboxylic acids is 4. The number of rotatable bonds is 14. The van der Waals surface area contributed by atoms with Crippen LogP contribution in [-0.4, -0.2) is 131 Å². The van der Waals surface area contributed by atoms with Crippen molar-refractivity contribution in [3.05, 3.63) is 101 Å². The highest BCUT2D eigenvalue weighted by Crippen LogP contribution is 2.41. The van der Waals surface area contributed by atoms with Crippen molar-refractivity contribution in [2.75, 3.05) is 64.9 Å². The molecule has 12 rings (SSSR count). The van der Waals surface area contributed by atoms with Crippen LogP contribution in [0.15, 0.2) is 72.3 Å². The first kappa shape index (κ1) is 48.2. The molecule has 4 N–H and O–H groups in total. The van der Waals surface area contributed by atoms with Gasteiger partial charge in [0.1, 0.15) is 49.3 Å². The van der Waals surface area contributed by atoms with E-state index in [1.807, 2.05) is 18.6 Å². The van der Waals surface area contributed by atoms with Crippen molar-refractivity contribution in [1.29, 1.82) is 0 Å². The summed E-state index contributed by atoms with van der Waals surface area (Å²) in [6.45, 7) is 3.15. The van der Waals surface area contributed by atoms with Gasteiger partial charge in [0.2, 0.25) is 11.8 Å². The number of fused-ring (bicyclic) bond motifs is 2. The number of ether oxygens (including phenoxy) is 4. The first-order valence-electron chi connectivity index (χ1n) is 23.5. The zero-order valence-corrected chi connectivity index (χ0v) is 41.3. The maximum absolute atomic E-state index is 13.8. The number of hydrogen-bond acceptors (Lipinski definition) is 12. The van der Waals surface area contributed by atoms with E-state index in [1.54, 1.807) is 33.3 Å². The lowest BCUT2D eigenvalue weighted by Gasteiger charge is -2.29. The quantitative estimate of drug-likeness (QED) is 0.0842. The molecule has 16 nitrogen and oxygen atoms in total. The number of nitrogens with zero attached hydrogens (tertiary/aromatic N) is 4. The minimum atomic E-state index is -0.744. The predicted molar refractivity (Wildman–Crippen MR) is 268 cm³/mol. The third-order valence-corrected chi connectivity index (χ3v) is 15.2. The van der Waals surface area contributed by atoms with Crippen LogP contribution in [0.1, 0.15) is 73.0 Å². The minimum Gasteiger partial charge on any atom is -0.453 e. The molecule has 7 aliphatic rings. The monoisotopic (exact) mass is 976 g/mol. The second kappa shape index (κ2) is 21.4. The Labute approximate surface area is 410 Å². The molecule has 364 valence electrons. The van der Waals surface area contributed by atoms with Crippen LogP contribution in [0.4, 0.5) is 9.59 Å². The van der Waals surface area contributed by atoms with Gasteiger partial charge >= 0.3 is 12.2 Å². The third kappa shape index (κ3) is 10.4. The van der Waals surface area contributed by atoms with E-state index in [0.29, 0.717) is 61.0 Å². The summed E-state index contributed by atoms with van der Waals surface area (Å²) in [6, 6.07) is 17.4. The van der Waals surface area contributed by atoms with Gasteiger partial charge in [0.25, 0.3) is 0 Å². The first-order valence-corrected chi connectivity index (χ1v) is 26.3. The van der Waals surface area contributed by atoms with E-state index < -0.39 is 36.4 Å². The molecule has 0 radical (unpaired) electrons. The van der Waals surface area contributed by atoms with Crippen molar-refractivity contribution in [3.8, 4) is 11.1 Å². The molecule has 4 heterocycles. The lowest BCUT2D eigenvalue weighted by molar-refractivity contribution is -0.136. The van der Waals surface area contributed by atoms with Crippen LogP contribution in [0.3, 0.4) is 0 Å². The van der Waals surface area contributed by atoms with Gasteiger partial charge in [0.05, 0.1) is 49.5 Å². The average molecular weight is 977 g/mol. The molecule has 4 amide bonds. The van der Waals surface area contributed by atoms with Crippen LogP contribution in [0.25, 0.3) is 38.8 Å². The largest absolute Gasteiger partial charge is 0.453 e.